The van der Waals surface area contributed by atoms with E-state index in [4.69, 9.17) is 4.74 Å². The topological polar surface area (TPSA) is 130 Å². The van der Waals surface area contributed by atoms with Crippen LogP contribution in [0.15, 0.2) is 58.3 Å². The van der Waals surface area contributed by atoms with Crippen molar-refractivity contribution in [3.8, 4) is 0 Å². The molecule has 12 heteroatoms. The second-order valence-corrected chi connectivity index (χ2v) is 11.3. The van der Waals surface area contributed by atoms with Gasteiger partial charge in [-0.3, -0.25) is 4.79 Å². The van der Waals surface area contributed by atoms with Gasteiger partial charge in [0.25, 0.3) is 5.91 Å². The Morgan fingerprint density at radius 2 is 1.55 bits per heavy atom. The molecule has 0 saturated carbocycles. The van der Waals surface area contributed by atoms with Crippen LogP contribution < -0.4 is 5.32 Å². The molecule has 0 spiro atoms. The molecule has 0 aromatic heterocycles. The Morgan fingerprint density at radius 1 is 0.939 bits per heavy atom. The zero-order valence-corrected chi connectivity index (χ0v) is 19.9. The number of hydrogen-bond acceptors (Lipinski definition) is 7. The zero-order chi connectivity index (χ0) is 24.2. The Morgan fingerprint density at radius 3 is 2.12 bits per heavy atom. The van der Waals surface area contributed by atoms with Crippen molar-refractivity contribution in [2.75, 3.05) is 44.4 Å². The summed E-state index contributed by atoms with van der Waals surface area (Å²) in [6, 6.07) is 11.4. The van der Waals surface area contributed by atoms with Crippen LogP contribution in [0.5, 0.6) is 0 Å². The predicted octanol–water partition coefficient (Wildman–Crippen LogP) is 1.81. The summed E-state index contributed by atoms with van der Waals surface area (Å²) >= 11 is 0. The van der Waals surface area contributed by atoms with Crippen molar-refractivity contribution in [3.63, 3.8) is 0 Å². The van der Waals surface area contributed by atoms with E-state index < -0.39 is 31.9 Å². The molecule has 2 amide bonds. The highest BCUT2D eigenvalue weighted by atomic mass is 32.2. The normalized spacial score (nSPS) is 15.2. The number of piperazine rings is 1. The summed E-state index contributed by atoms with van der Waals surface area (Å²) in [7, 11) is -7.35. The number of nitrogens with zero attached hydrogens (tertiary/aromatic N) is 2. The lowest BCUT2D eigenvalue weighted by atomic mass is 10.2. The Bertz CT molecular complexity index is 1230. The Labute approximate surface area is 193 Å². The molecule has 3 rings (SSSR count). The van der Waals surface area contributed by atoms with E-state index in [0.29, 0.717) is 0 Å². The van der Waals surface area contributed by atoms with Crippen LogP contribution in [0.2, 0.25) is 0 Å². The Kier molecular flexibility index (Phi) is 7.40. The van der Waals surface area contributed by atoms with Crippen LogP contribution in [0.3, 0.4) is 0 Å². The van der Waals surface area contributed by atoms with Gasteiger partial charge in [0, 0.05) is 38.0 Å². The minimum absolute atomic E-state index is 0.0140. The molecule has 0 radical (unpaired) electrons. The lowest BCUT2D eigenvalue weighted by Gasteiger charge is -2.33. The molecule has 2 aromatic rings. The van der Waals surface area contributed by atoms with Crippen molar-refractivity contribution in [1.82, 2.24) is 9.21 Å². The molecule has 1 aliphatic rings. The second-order valence-electron chi connectivity index (χ2n) is 7.34. The van der Waals surface area contributed by atoms with Crippen LogP contribution in [-0.4, -0.2) is 77.1 Å². The van der Waals surface area contributed by atoms with E-state index in [1.54, 1.807) is 19.1 Å². The zero-order valence-electron chi connectivity index (χ0n) is 18.2. The number of benzene rings is 2. The largest absolute Gasteiger partial charge is 0.450 e. The van der Waals surface area contributed by atoms with Crippen molar-refractivity contribution < 1.29 is 31.2 Å². The van der Waals surface area contributed by atoms with Gasteiger partial charge < -0.3 is 15.0 Å². The van der Waals surface area contributed by atoms with Gasteiger partial charge in [0.1, 0.15) is 0 Å². The molecule has 0 atom stereocenters. The molecular formula is C21H25N3O7S2. The van der Waals surface area contributed by atoms with Crippen molar-refractivity contribution in [2.24, 2.45) is 0 Å². The van der Waals surface area contributed by atoms with Gasteiger partial charge in [-0.25, -0.2) is 21.6 Å². The SMILES string of the molecule is CCOC(=O)N1CCN(S(=O)(=O)c2ccc(C(=O)Nc3ccccc3S(C)(=O)=O)cc2)CC1. The highest BCUT2D eigenvalue weighted by molar-refractivity contribution is 7.91. The maximum Gasteiger partial charge on any atom is 0.409 e. The summed E-state index contributed by atoms with van der Waals surface area (Å²) in [5.41, 5.74) is 0.311. The average Bonchev–Trinajstić information content (AvgIpc) is 2.79. The van der Waals surface area contributed by atoms with Gasteiger partial charge >= 0.3 is 6.09 Å². The molecule has 0 unspecified atom stereocenters. The number of anilines is 1. The number of ether oxygens (including phenoxy) is 1. The monoisotopic (exact) mass is 495 g/mol. The molecule has 178 valence electrons. The number of carbonyl (C=O) groups is 2. The number of carbonyl (C=O) groups excluding carboxylic acids is 2. The molecule has 0 bridgehead atoms. The number of sulfonamides is 1. The number of sulfone groups is 1. The fourth-order valence-corrected chi connectivity index (χ4v) is 5.61. The van der Waals surface area contributed by atoms with Crippen LogP contribution in [0.1, 0.15) is 17.3 Å². The third-order valence-corrected chi connectivity index (χ3v) is 8.12. The van der Waals surface area contributed by atoms with Crippen LogP contribution in [0.25, 0.3) is 0 Å². The molecule has 1 fully saturated rings. The maximum atomic E-state index is 12.9. The van der Waals surface area contributed by atoms with Crippen molar-refractivity contribution in [1.29, 1.82) is 0 Å². The molecule has 0 aliphatic carbocycles. The summed E-state index contributed by atoms with van der Waals surface area (Å²) in [4.78, 5) is 25.8. The van der Waals surface area contributed by atoms with E-state index in [2.05, 4.69) is 5.32 Å². The quantitative estimate of drug-likeness (QED) is 0.647. The second kappa shape index (κ2) is 9.89. The Hall–Kier alpha value is -2.96. The summed E-state index contributed by atoms with van der Waals surface area (Å²) in [5, 5.41) is 2.55. The molecule has 1 aliphatic heterocycles. The van der Waals surface area contributed by atoms with Gasteiger partial charge in [-0.1, -0.05) is 12.1 Å². The fraction of sp³-hybridized carbons (Fsp3) is 0.333. The maximum absolute atomic E-state index is 12.9. The van der Waals surface area contributed by atoms with Gasteiger partial charge in [-0.15, -0.1) is 0 Å². The van der Waals surface area contributed by atoms with Crippen molar-refractivity contribution >= 4 is 37.5 Å². The minimum atomic E-state index is -3.81. The van der Waals surface area contributed by atoms with Gasteiger partial charge in [0.2, 0.25) is 10.0 Å². The van der Waals surface area contributed by atoms with Crippen molar-refractivity contribution in [3.05, 3.63) is 54.1 Å². The molecule has 33 heavy (non-hydrogen) atoms. The van der Waals surface area contributed by atoms with Crippen LogP contribution in [0, 0.1) is 0 Å². The minimum Gasteiger partial charge on any atom is -0.450 e. The summed E-state index contributed by atoms with van der Waals surface area (Å²) in [5.74, 6) is -0.571. The third-order valence-electron chi connectivity index (χ3n) is 5.05. The van der Waals surface area contributed by atoms with Crippen LogP contribution in [0.4, 0.5) is 10.5 Å². The molecule has 2 aromatic carbocycles. The highest BCUT2D eigenvalue weighted by Crippen LogP contribution is 2.22. The van der Waals surface area contributed by atoms with E-state index >= 15 is 0 Å². The van der Waals surface area contributed by atoms with E-state index in [-0.39, 0.29) is 53.8 Å². The van der Waals surface area contributed by atoms with E-state index in [1.807, 2.05) is 0 Å². The van der Waals surface area contributed by atoms with Crippen molar-refractivity contribution in [2.45, 2.75) is 16.7 Å². The third kappa shape index (κ3) is 5.70. The summed E-state index contributed by atoms with van der Waals surface area (Å²) in [6.45, 7) is 2.65. The van der Waals surface area contributed by atoms with Gasteiger partial charge in [0.05, 0.1) is 22.1 Å². The lowest BCUT2D eigenvalue weighted by Crippen LogP contribution is -2.50. The fourth-order valence-electron chi connectivity index (χ4n) is 3.34. The lowest BCUT2D eigenvalue weighted by molar-refractivity contribution is 0.0933. The summed E-state index contributed by atoms with van der Waals surface area (Å²) < 4.78 is 55.9. The first-order valence-electron chi connectivity index (χ1n) is 10.2. The molecule has 1 heterocycles. The van der Waals surface area contributed by atoms with Gasteiger partial charge in [0.15, 0.2) is 9.84 Å². The van der Waals surface area contributed by atoms with E-state index in [9.17, 15) is 26.4 Å². The molecule has 1 N–H and O–H groups in total. The Balaban J connectivity index is 1.70. The number of rotatable bonds is 6. The summed E-state index contributed by atoms with van der Waals surface area (Å²) in [6.07, 6.45) is 0.576. The first kappa shape index (κ1) is 24.7. The highest BCUT2D eigenvalue weighted by Gasteiger charge is 2.30. The van der Waals surface area contributed by atoms with E-state index in [1.165, 1.54) is 45.6 Å². The van der Waals surface area contributed by atoms with Gasteiger partial charge in [-0.2, -0.15) is 4.31 Å². The van der Waals surface area contributed by atoms with Gasteiger partial charge in [-0.05, 0) is 43.3 Å². The predicted molar refractivity (Wildman–Crippen MR) is 121 cm³/mol. The van der Waals surface area contributed by atoms with E-state index in [0.717, 1.165) is 6.26 Å². The number of para-hydroxylation sites is 1. The number of amides is 2. The number of hydrogen-bond donors (Lipinski definition) is 1. The molecular weight excluding hydrogens is 470 g/mol. The average molecular weight is 496 g/mol. The van der Waals surface area contributed by atoms with Crippen LogP contribution in [-0.2, 0) is 24.6 Å². The number of nitrogens with one attached hydrogen (secondary N) is 1. The molecule has 1 saturated heterocycles. The standard InChI is InChI=1S/C21H25N3O7S2/c1-3-31-21(26)23-12-14-24(15-13-23)33(29,30)17-10-8-16(9-11-17)20(25)22-18-6-4-5-7-19(18)32(2,27)28/h4-11H,3,12-15H2,1-2H3,(H,22,25). The first-order chi connectivity index (χ1) is 15.5. The molecule has 10 nitrogen and oxygen atoms in total. The van der Waals surface area contributed by atoms with Crippen LogP contribution >= 0.6 is 0 Å². The smallest absolute Gasteiger partial charge is 0.409 e. The first-order valence-corrected chi connectivity index (χ1v) is 13.5.